The van der Waals surface area contributed by atoms with E-state index >= 15 is 0 Å². The number of amides is 2. The van der Waals surface area contributed by atoms with Crippen molar-refractivity contribution in [3.63, 3.8) is 0 Å². The third-order valence-corrected chi connectivity index (χ3v) is 5.94. The molecule has 0 unspecified atom stereocenters. The van der Waals surface area contributed by atoms with Crippen LogP contribution in [0, 0.1) is 6.92 Å². The molecule has 2 heterocycles. The smallest absolute Gasteiger partial charge is 0.277 e. The van der Waals surface area contributed by atoms with Crippen LogP contribution in [0.3, 0.4) is 0 Å². The van der Waals surface area contributed by atoms with Crippen LogP contribution in [0.5, 0.6) is 0 Å². The van der Waals surface area contributed by atoms with E-state index in [0.29, 0.717) is 31.0 Å². The minimum Gasteiger partial charge on any atom is -0.383 e. The van der Waals surface area contributed by atoms with Crippen LogP contribution in [0.1, 0.15) is 16.7 Å². The van der Waals surface area contributed by atoms with Gasteiger partial charge in [-0.15, -0.1) is 0 Å². The first-order chi connectivity index (χ1) is 15.1. The van der Waals surface area contributed by atoms with Crippen molar-refractivity contribution in [3.05, 3.63) is 77.0 Å². The molecule has 0 bridgehead atoms. The van der Waals surface area contributed by atoms with Gasteiger partial charge in [-0.05, 0) is 18.1 Å². The van der Waals surface area contributed by atoms with Gasteiger partial charge in [-0.3, -0.25) is 19.4 Å². The Kier molecular flexibility index (Phi) is 6.49. The standard InChI is InChI=1S/C25H29N3O3/c1-19-8-10-21(11-9-19)22-23(25(30)28(24(22)29)16-17-31-2)27-14-12-26(13-15-27)18-20-6-4-3-5-7-20/h3-11H,12-18H2,1-2H3. The van der Waals surface area contributed by atoms with Crippen molar-refractivity contribution in [1.82, 2.24) is 14.7 Å². The quantitative estimate of drug-likeness (QED) is 0.646. The van der Waals surface area contributed by atoms with E-state index in [1.807, 2.05) is 37.3 Å². The number of benzene rings is 2. The molecule has 0 saturated carbocycles. The summed E-state index contributed by atoms with van der Waals surface area (Å²) in [4.78, 5) is 32.3. The van der Waals surface area contributed by atoms with Gasteiger partial charge in [0.15, 0.2) is 0 Å². The average molecular weight is 420 g/mol. The monoisotopic (exact) mass is 419 g/mol. The van der Waals surface area contributed by atoms with E-state index < -0.39 is 0 Å². The number of hydrogen-bond acceptors (Lipinski definition) is 5. The molecule has 0 spiro atoms. The molecule has 162 valence electrons. The van der Waals surface area contributed by atoms with E-state index in [2.05, 4.69) is 34.1 Å². The number of rotatable bonds is 7. The molecule has 2 amide bonds. The largest absolute Gasteiger partial charge is 0.383 e. The summed E-state index contributed by atoms with van der Waals surface area (Å²) in [6, 6.07) is 18.2. The predicted octanol–water partition coefficient (Wildman–Crippen LogP) is 2.54. The summed E-state index contributed by atoms with van der Waals surface area (Å²) in [6.45, 7) is 6.63. The number of methoxy groups -OCH3 is 1. The van der Waals surface area contributed by atoms with Crippen LogP contribution in [0.25, 0.3) is 5.57 Å². The number of nitrogens with zero attached hydrogens (tertiary/aromatic N) is 3. The Morgan fingerprint density at radius 3 is 2.19 bits per heavy atom. The molecule has 0 radical (unpaired) electrons. The minimum atomic E-state index is -0.229. The molecular formula is C25H29N3O3. The molecule has 0 N–H and O–H groups in total. The van der Waals surface area contributed by atoms with Gasteiger partial charge in [0.05, 0.1) is 18.7 Å². The average Bonchev–Trinajstić information content (AvgIpc) is 3.04. The molecule has 1 saturated heterocycles. The third-order valence-electron chi connectivity index (χ3n) is 5.94. The number of ether oxygens (including phenoxy) is 1. The van der Waals surface area contributed by atoms with Gasteiger partial charge in [-0.1, -0.05) is 60.2 Å². The van der Waals surface area contributed by atoms with Gasteiger partial charge in [0.2, 0.25) is 0 Å². The zero-order chi connectivity index (χ0) is 21.8. The van der Waals surface area contributed by atoms with Gasteiger partial charge in [0.25, 0.3) is 11.8 Å². The van der Waals surface area contributed by atoms with Crippen molar-refractivity contribution in [1.29, 1.82) is 0 Å². The van der Waals surface area contributed by atoms with Crippen molar-refractivity contribution in [2.45, 2.75) is 13.5 Å². The van der Waals surface area contributed by atoms with Crippen LogP contribution in [-0.2, 0) is 20.9 Å². The van der Waals surface area contributed by atoms with Gasteiger partial charge < -0.3 is 9.64 Å². The van der Waals surface area contributed by atoms with Crippen LogP contribution in [0.15, 0.2) is 60.3 Å². The lowest BCUT2D eigenvalue weighted by Crippen LogP contribution is -2.47. The fourth-order valence-corrected chi connectivity index (χ4v) is 4.19. The lowest BCUT2D eigenvalue weighted by atomic mass is 10.0. The van der Waals surface area contributed by atoms with E-state index in [-0.39, 0.29) is 18.4 Å². The summed E-state index contributed by atoms with van der Waals surface area (Å²) in [7, 11) is 1.58. The third kappa shape index (κ3) is 4.55. The summed E-state index contributed by atoms with van der Waals surface area (Å²) < 4.78 is 5.12. The highest BCUT2D eigenvalue weighted by Gasteiger charge is 2.41. The SMILES string of the molecule is COCCN1C(=O)C(c2ccc(C)cc2)=C(N2CCN(Cc3ccccc3)CC2)C1=O. The Bertz CT molecular complexity index is 961. The summed E-state index contributed by atoms with van der Waals surface area (Å²) in [5.74, 6) is -0.443. The highest BCUT2D eigenvalue weighted by Crippen LogP contribution is 2.32. The molecule has 0 aliphatic carbocycles. The Morgan fingerprint density at radius 1 is 0.871 bits per heavy atom. The van der Waals surface area contributed by atoms with Crippen molar-refractivity contribution >= 4 is 17.4 Å². The second kappa shape index (κ2) is 9.45. The molecule has 0 aromatic heterocycles. The molecular weight excluding hydrogens is 390 g/mol. The predicted molar refractivity (Wildman–Crippen MR) is 120 cm³/mol. The highest BCUT2D eigenvalue weighted by atomic mass is 16.5. The van der Waals surface area contributed by atoms with Crippen LogP contribution >= 0.6 is 0 Å². The van der Waals surface area contributed by atoms with E-state index in [9.17, 15) is 9.59 Å². The maximum absolute atomic E-state index is 13.3. The molecule has 6 nitrogen and oxygen atoms in total. The van der Waals surface area contributed by atoms with Crippen molar-refractivity contribution in [2.75, 3.05) is 46.4 Å². The van der Waals surface area contributed by atoms with E-state index in [1.54, 1.807) is 7.11 Å². The van der Waals surface area contributed by atoms with Gasteiger partial charge in [0, 0.05) is 39.8 Å². The zero-order valence-corrected chi connectivity index (χ0v) is 18.2. The van der Waals surface area contributed by atoms with Crippen LogP contribution in [-0.4, -0.2) is 73.0 Å². The van der Waals surface area contributed by atoms with Crippen molar-refractivity contribution in [3.8, 4) is 0 Å². The van der Waals surface area contributed by atoms with Crippen LogP contribution < -0.4 is 0 Å². The number of carbonyl (C=O) groups is 2. The van der Waals surface area contributed by atoms with Gasteiger partial charge in [0.1, 0.15) is 5.70 Å². The Hall–Kier alpha value is -2.96. The van der Waals surface area contributed by atoms with Gasteiger partial charge >= 0.3 is 0 Å². The van der Waals surface area contributed by atoms with E-state index in [0.717, 1.165) is 30.8 Å². The fourth-order valence-electron chi connectivity index (χ4n) is 4.19. The minimum absolute atomic E-state index is 0.214. The Labute approximate surface area is 183 Å². The lowest BCUT2D eigenvalue weighted by molar-refractivity contribution is -0.138. The first-order valence-corrected chi connectivity index (χ1v) is 10.8. The fraction of sp³-hybridized carbons (Fsp3) is 0.360. The molecule has 2 aliphatic heterocycles. The maximum atomic E-state index is 13.3. The summed E-state index contributed by atoms with van der Waals surface area (Å²) in [6.07, 6.45) is 0. The summed E-state index contributed by atoms with van der Waals surface area (Å²) >= 11 is 0. The normalized spacial score (nSPS) is 17.7. The molecule has 6 heteroatoms. The number of carbonyl (C=O) groups excluding carboxylic acids is 2. The number of aryl methyl sites for hydroxylation is 1. The first kappa shape index (κ1) is 21.3. The Balaban J connectivity index is 1.56. The lowest BCUT2D eigenvalue weighted by Gasteiger charge is -2.36. The van der Waals surface area contributed by atoms with E-state index in [1.165, 1.54) is 10.5 Å². The molecule has 0 atom stereocenters. The molecule has 31 heavy (non-hydrogen) atoms. The number of hydrogen-bond donors (Lipinski definition) is 0. The zero-order valence-electron chi connectivity index (χ0n) is 18.2. The van der Waals surface area contributed by atoms with E-state index in [4.69, 9.17) is 4.74 Å². The molecule has 1 fully saturated rings. The number of piperazine rings is 1. The van der Waals surface area contributed by atoms with Crippen molar-refractivity contribution < 1.29 is 14.3 Å². The Morgan fingerprint density at radius 2 is 1.55 bits per heavy atom. The first-order valence-electron chi connectivity index (χ1n) is 10.8. The highest BCUT2D eigenvalue weighted by molar-refractivity contribution is 6.35. The van der Waals surface area contributed by atoms with Gasteiger partial charge in [-0.2, -0.15) is 0 Å². The van der Waals surface area contributed by atoms with Crippen LogP contribution in [0.2, 0.25) is 0 Å². The molecule has 2 aromatic rings. The summed E-state index contributed by atoms with van der Waals surface area (Å²) in [5.41, 5.74) is 4.24. The molecule has 2 aliphatic rings. The van der Waals surface area contributed by atoms with Crippen LogP contribution in [0.4, 0.5) is 0 Å². The number of imide groups is 1. The van der Waals surface area contributed by atoms with Crippen molar-refractivity contribution in [2.24, 2.45) is 0 Å². The second-order valence-electron chi connectivity index (χ2n) is 8.09. The second-order valence-corrected chi connectivity index (χ2v) is 8.09. The summed E-state index contributed by atoms with van der Waals surface area (Å²) in [5, 5.41) is 0. The maximum Gasteiger partial charge on any atom is 0.277 e. The van der Waals surface area contributed by atoms with Gasteiger partial charge in [-0.25, -0.2) is 0 Å². The topological polar surface area (TPSA) is 53.1 Å². The molecule has 2 aromatic carbocycles. The molecule has 4 rings (SSSR count).